The summed E-state index contributed by atoms with van der Waals surface area (Å²) in [5.74, 6) is -0.181. The number of benzene rings is 1. The number of nitrogens with zero attached hydrogens (tertiary/aromatic N) is 1. The highest BCUT2D eigenvalue weighted by atomic mass is 19.4. The van der Waals surface area contributed by atoms with Crippen LogP contribution < -0.4 is 0 Å². The van der Waals surface area contributed by atoms with Crippen LogP contribution in [0, 0.1) is 11.8 Å². The second kappa shape index (κ2) is 6.15. The summed E-state index contributed by atoms with van der Waals surface area (Å²) >= 11 is 0. The van der Waals surface area contributed by atoms with E-state index in [1.54, 1.807) is 11.0 Å². The molecule has 3 atom stereocenters. The van der Waals surface area contributed by atoms with Crippen LogP contribution in [0.25, 0.3) is 0 Å². The van der Waals surface area contributed by atoms with E-state index in [4.69, 9.17) is 0 Å². The molecule has 1 aromatic rings. The third-order valence-electron chi connectivity index (χ3n) is 4.84. The number of alkyl halides is 3. The van der Waals surface area contributed by atoms with Crippen LogP contribution in [-0.2, 0) is 11.0 Å². The van der Waals surface area contributed by atoms with Gasteiger partial charge in [0.1, 0.15) is 0 Å². The number of amides is 1. The summed E-state index contributed by atoms with van der Waals surface area (Å²) in [5, 5.41) is 9.24. The van der Waals surface area contributed by atoms with Crippen molar-refractivity contribution < 1.29 is 23.1 Å². The first-order chi connectivity index (χ1) is 10.9. The molecule has 0 bridgehead atoms. The number of halogens is 3. The normalized spacial score (nSPS) is 27.8. The molecule has 23 heavy (non-hydrogen) atoms. The first-order valence-corrected chi connectivity index (χ1v) is 7.97. The van der Waals surface area contributed by atoms with E-state index < -0.39 is 11.7 Å². The van der Waals surface area contributed by atoms with Crippen LogP contribution in [-0.4, -0.2) is 35.6 Å². The summed E-state index contributed by atoms with van der Waals surface area (Å²) in [5.41, 5.74) is -0.0692. The molecule has 0 radical (unpaired) electrons. The molecule has 1 amide bonds. The van der Waals surface area contributed by atoms with Gasteiger partial charge in [0.25, 0.3) is 0 Å². The largest absolute Gasteiger partial charge is 0.416 e. The lowest BCUT2D eigenvalue weighted by Gasteiger charge is -2.32. The van der Waals surface area contributed by atoms with Crippen molar-refractivity contribution in [2.45, 2.75) is 31.4 Å². The molecule has 3 unspecified atom stereocenters. The average molecular weight is 327 g/mol. The fourth-order valence-electron chi connectivity index (χ4n) is 3.43. The molecular weight excluding hydrogens is 307 g/mol. The number of aliphatic hydroxyl groups is 1. The van der Waals surface area contributed by atoms with Gasteiger partial charge in [0.15, 0.2) is 0 Å². The fraction of sp³-hybridized carbons (Fsp3) is 0.588. The molecule has 1 aromatic carbocycles. The van der Waals surface area contributed by atoms with Crippen LogP contribution in [0.3, 0.4) is 0 Å². The number of piperidine rings is 1. The Morgan fingerprint density at radius 1 is 1.35 bits per heavy atom. The summed E-state index contributed by atoms with van der Waals surface area (Å²) in [4.78, 5) is 14.3. The van der Waals surface area contributed by atoms with Crippen molar-refractivity contribution >= 4 is 5.91 Å². The Kier molecular flexibility index (Phi) is 4.36. The molecule has 1 heterocycles. The SMILES string of the molecule is O=C(C1CC1c1cccc(C(F)(F)F)c1)N1CCCC(CO)C1. The number of hydrogen-bond acceptors (Lipinski definition) is 2. The zero-order valence-corrected chi connectivity index (χ0v) is 12.7. The second-order valence-electron chi connectivity index (χ2n) is 6.55. The number of carbonyl (C=O) groups is 1. The topological polar surface area (TPSA) is 40.5 Å². The van der Waals surface area contributed by atoms with Gasteiger partial charge < -0.3 is 10.0 Å². The van der Waals surface area contributed by atoms with Crippen LogP contribution in [0.1, 0.15) is 36.3 Å². The van der Waals surface area contributed by atoms with E-state index in [0.29, 0.717) is 25.1 Å². The van der Waals surface area contributed by atoms with E-state index in [0.717, 1.165) is 25.0 Å². The highest BCUT2D eigenvalue weighted by molar-refractivity contribution is 5.83. The van der Waals surface area contributed by atoms with Gasteiger partial charge in [0.2, 0.25) is 5.91 Å². The highest BCUT2D eigenvalue weighted by Crippen LogP contribution is 2.49. The number of rotatable bonds is 3. The maximum absolute atomic E-state index is 12.8. The third kappa shape index (κ3) is 3.52. The molecule has 3 nitrogen and oxygen atoms in total. The van der Waals surface area contributed by atoms with Crippen LogP contribution in [0.2, 0.25) is 0 Å². The van der Waals surface area contributed by atoms with Gasteiger partial charge in [-0.1, -0.05) is 18.2 Å². The minimum Gasteiger partial charge on any atom is -0.396 e. The van der Waals surface area contributed by atoms with Crippen LogP contribution in [0.5, 0.6) is 0 Å². The monoisotopic (exact) mass is 327 g/mol. The van der Waals surface area contributed by atoms with Gasteiger partial charge in [-0.05, 0) is 42.7 Å². The first kappa shape index (κ1) is 16.3. The molecule has 1 aliphatic carbocycles. The number of carbonyl (C=O) groups excluding carboxylic acids is 1. The van der Waals surface area contributed by atoms with E-state index in [2.05, 4.69) is 0 Å². The second-order valence-corrected chi connectivity index (χ2v) is 6.55. The lowest BCUT2D eigenvalue weighted by Crippen LogP contribution is -2.41. The van der Waals surface area contributed by atoms with Crippen molar-refractivity contribution in [1.82, 2.24) is 4.90 Å². The lowest BCUT2D eigenvalue weighted by molar-refractivity contribution is -0.137. The Bertz CT molecular complexity index is 587. The van der Waals surface area contributed by atoms with Crippen molar-refractivity contribution in [2.75, 3.05) is 19.7 Å². The van der Waals surface area contributed by atoms with E-state index in [1.807, 2.05) is 0 Å². The van der Waals surface area contributed by atoms with Crippen molar-refractivity contribution in [3.8, 4) is 0 Å². The Hall–Kier alpha value is -1.56. The Morgan fingerprint density at radius 3 is 2.83 bits per heavy atom. The van der Waals surface area contributed by atoms with Gasteiger partial charge in [-0.2, -0.15) is 13.2 Å². The predicted molar refractivity (Wildman–Crippen MR) is 78.7 cm³/mol. The maximum Gasteiger partial charge on any atom is 0.416 e. The Labute approximate surface area is 133 Å². The molecule has 1 aliphatic heterocycles. The van der Waals surface area contributed by atoms with Crippen LogP contribution in [0.4, 0.5) is 13.2 Å². The number of aliphatic hydroxyl groups excluding tert-OH is 1. The van der Waals surface area contributed by atoms with E-state index >= 15 is 0 Å². The molecule has 2 aliphatic rings. The van der Waals surface area contributed by atoms with Gasteiger partial charge in [-0.25, -0.2) is 0 Å². The molecule has 1 N–H and O–H groups in total. The van der Waals surface area contributed by atoms with Gasteiger partial charge in [0.05, 0.1) is 5.56 Å². The highest BCUT2D eigenvalue weighted by Gasteiger charge is 2.46. The summed E-state index contributed by atoms with van der Waals surface area (Å²) in [6.45, 7) is 1.31. The molecule has 1 saturated heterocycles. The van der Waals surface area contributed by atoms with Gasteiger partial charge in [-0.15, -0.1) is 0 Å². The zero-order chi connectivity index (χ0) is 16.6. The average Bonchev–Trinajstić information content (AvgIpc) is 3.34. The fourth-order valence-corrected chi connectivity index (χ4v) is 3.43. The molecule has 0 spiro atoms. The van der Waals surface area contributed by atoms with Crippen molar-refractivity contribution in [3.63, 3.8) is 0 Å². The van der Waals surface area contributed by atoms with Gasteiger partial charge in [0, 0.05) is 25.6 Å². The molecule has 2 fully saturated rings. The maximum atomic E-state index is 12.8. The van der Waals surface area contributed by atoms with Crippen molar-refractivity contribution in [1.29, 1.82) is 0 Å². The number of hydrogen-bond donors (Lipinski definition) is 1. The van der Waals surface area contributed by atoms with Gasteiger partial charge >= 0.3 is 6.18 Å². The van der Waals surface area contributed by atoms with Crippen LogP contribution in [0.15, 0.2) is 24.3 Å². The summed E-state index contributed by atoms with van der Waals surface area (Å²) in [6, 6.07) is 5.28. The number of likely N-dealkylation sites (tertiary alicyclic amines) is 1. The molecule has 3 rings (SSSR count). The first-order valence-electron chi connectivity index (χ1n) is 7.97. The van der Waals surface area contributed by atoms with Crippen molar-refractivity contribution in [2.24, 2.45) is 11.8 Å². The molecule has 126 valence electrons. The summed E-state index contributed by atoms with van der Waals surface area (Å²) < 4.78 is 38.3. The quantitative estimate of drug-likeness (QED) is 0.927. The third-order valence-corrected chi connectivity index (χ3v) is 4.84. The molecule has 6 heteroatoms. The Balaban J connectivity index is 1.66. The summed E-state index contributed by atoms with van der Waals surface area (Å²) in [6.07, 6.45) is -1.95. The predicted octanol–water partition coefficient (Wildman–Crippen LogP) is 3.04. The Morgan fingerprint density at radius 2 is 2.13 bits per heavy atom. The zero-order valence-electron chi connectivity index (χ0n) is 12.7. The van der Waals surface area contributed by atoms with Crippen LogP contribution >= 0.6 is 0 Å². The standard InChI is InChI=1S/C17H20F3NO2/c18-17(19,20)13-5-1-4-12(7-13)14-8-15(14)16(23)21-6-2-3-11(9-21)10-22/h1,4-5,7,11,14-15,22H,2-3,6,8-10H2. The van der Waals surface area contributed by atoms with E-state index in [9.17, 15) is 23.1 Å². The molecule has 0 aromatic heterocycles. The van der Waals surface area contributed by atoms with E-state index in [-0.39, 0.29) is 30.3 Å². The van der Waals surface area contributed by atoms with E-state index in [1.165, 1.54) is 6.07 Å². The summed E-state index contributed by atoms with van der Waals surface area (Å²) in [7, 11) is 0. The van der Waals surface area contributed by atoms with Crippen molar-refractivity contribution in [3.05, 3.63) is 35.4 Å². The molecular formula is C17H20F3NO2. The minimum atomic E-state index is -4.36. The lowest BCUT2D eigenvalue weighted by atomic mass is 9.98. The smallest absolute Gasteiger partial charge is 0.396 e. The minimum absolute atomic E-state index is 0.0190. The van der Waals surface area contributed by atoms with Gasteiger partial charge in [-0.3, -0.25) is 4.79 Å². The molecule has 1 saturated carbocycles.